The first-order valence-corrected chi connectivity index (χ1v) is 7.32. The Labute approximate surface area is 126 Å². The minimum atomic E-state index is -0.0661. The van der Waals surface area contributed by atoms with Gasteiger partial charge in [-0.2, -0.15) is 0 Å². The third kappa shape index (κ3) is 4.00. The highest BCUT2D eigenvalue weighted by atomic mass is 16.6. The summed E-state index contributed by atoms with van der Waals surface area (Å²) in [6.07, 6.45) is 1.62. The average Bonchev–Trinajstić information content (AvgIpc) is 2.43. The molecule has 0 fully saturated rings. The molecule has 1 aromatic carbocycles. The lowest BCUT2D eigenvalue weighted by Gasteiger charge is -2.25. The Morgan fingerprint density at radius 2 is 1.86 bits per heavy atom. The molecule has 0 unspecified atom stereocenters. The van der Waals surface area contributed by atoms with E-state index in [9.17, 15) is 4.79 Å². The Balaban J connectivity index is 2.22. The first-order chi connectivity index (χ1) is 9.97. The molecule has 0 saturated heterocycles. The van der Waals surface area contributed by atoms with Gasteiger partial charge in [-0.15, -0.1) is 0 Å². The van der Waals surface area contributed by atoms with Gasteiger partial charge in [-0.25, -0.2) is 0 Å². The van der Waals surface area contributed by atoms with E-state index in [0.29, 0.717) is 13.2 Å². The number of ether oxygens (including phenoxy) is 2. The second-order valence-electron chi connectivity index (χ2n) is 5.86. The van der Waals surface area contributed by atoms with Crippen LogP contribution in [-0.2, 0) is 4.79 Å². The molecular formula is C17H23NO3. The maximum absolute atomic E-state index is 12.0. The van der Waals surface area contributed by atoms with E-state index in [1.807, 2.05) is 32.0 Å². The number of allylic oxidation sites excluding steroid dienone is 1. The van der Waals surface area contributed by atoms with Crippen LogP contribution in [0.5, 0.6) is 11.5 Å². The van der Waals surface area contributed by atoms with Crippen molar-refractivity contribution in [2.45, 2.75) is 33.7 Å². The summed E-state index contributed by atoms with van der Waals surface area (Å²) in [4.78, 5) is 12.0. The SMILES string of the molecule is CC(C)=CC(=O)N[C@H](c1ccc2c(c1)OCCO2)C(C)C. The predicted molar refractivity (Wildman–Crippen MR) is 82.6 cm³/mol. The van der Waals surface area contributed by atoms with Crippen LogP contribution in [0.15, 0.2) is 29.8 Å². The largest absolute Gasteiger partial charge is 0.486 e. The Hall–Kier alpha value is -1.97. The van der Waals surface area contributed by atoms with Crippen molar-refractivity contribution in [1.29, 1.82) is 0 Å². The van der Waals surface area contributed by atoms with Gasteiger partial charge >= 0.3 is 0 Å². The van der Waals surface area contributed by atoms with Crippen LogP contribution in [-0.4, -0.2) is 19.1 Å². The van der Waals surface area contributed by atoms with E-state index in [-0.39, 0.29) is 17.9 Å². The van der Waals surface area contributed by atoms with Gasteiger partial charge in [0.25, 0.3) is 0 Å². The first kappa shape index (κ1) is 15.4. The molecule has 0 aliphatic carbocycles. The van der Waals surface area contributed by atoms with Gasteiger partial charge in [0.2, 0.25) is 5.91 Å². The second-order valence-corrected chi connectivity index (χ2v) is 5.86. The molecule has 0 radical (unpaired) electrons. The van der Waals surface area contributed by atoms with Gasteiger partial charge in [0.1, 0.15) is 13.2 Å². The standard InChI is InChI=1S/C17H23NO3/c1-11(2)9-16(19)18-17(12(3)4)13-5-6-14-15(10-13)21-8-7-20-14/h5-6,9-10,12,17H,7-8H2,1-4H3,(H,18,19)/t17-/m0/s1. The number of benzene rings is 1. The number of carbonyl (C=O) groups excluding carboxylic acids is 1. The van der Waals surface area contributed by atoms with Crippen LogP contribution in [0.2, 0.25) is 0 Å². The Kier molecular flexibility index (Phi) is 4.89. The molecule has 0 aromatic heterocycles. The highest BCUT2D eigenvalue weighted by Crippen LogP contribution is 2.34. The molecule has 1 atom stereocenters. The van der Waals surface area contributed by atoms with Crippen LogP contribution >= 0.6 is 0 Å². The van der Waals surface area contributed by atoms with Gasteiger partial charge in [-0.3, -0.25) is 4.79 Å². The van der Waals surface area contributed by atoms with Gasteiger partial charge in [-0.05, 0) is 37.5 Å². The predicted octanol–water partition coefficient (Wildman–Crippen LogP) is 3.24. The number of amides is 1. The van der Waals surface area contributed by atoms with E-state index < -0.39 is 0 Å². The van der Waals surface area contributed by atoms with Crippen LogP contribution in [0.1, 0.15) is 39.3 Å². The fourth-order valence-corrected chi connectivity index (χ4v) is 2.35. The molecule has 1 heterocycles. The molecule has 1 aliphatic heterocycles. The maximum atomic E-state index is 12.0. The van der Waals surface area contributed by atoms with Crippen molar-refractivity contribution in [2.75, 3.05) is 13.2 Å². The molecule has 0 saturated carbocycles. The maximum Gasteiger partial charge on any atom is 0.244 e. The summed E-state index contributed by atoms with van der Waals surface area (Å²) in [5.74, 6) is 1.73. The van der Waals surface area contributed by atoms with E-state index in [4.69, 9.17) is 9.47 Å². The molecule has 1 N–H and O–H groups in total. The van der Waals surface area contributed by atoms with E-state index in [1.54, 1.807) is 6.08 Å². The molecule has 1 aromatic rings. The van der Waals surface area contributed by atoms with Crippen molar-refractivity contribution in [3.05, 3.63) is 35.4 Å². The summed E-state index contributed by atoms with van der Waals surface area (Å²) in [6.45, 7) is 9.14. The molecule has 4 heteroatoms. The average molecular weight is 289 g/mol. The number of hydrogen-bond donors (Lipinski definition) is 1. The van der Waals surface area contributed by atoms with Crippen LogP contribution in [0.3, 0.4) is 0 Å². The van der Waals surface area contributed by atoms with Crippen molar-refractivity contribution in [2.24, 2.45) is 5.92 Å². The van der Waals surface area contributed by atoms with E-state index in [2.05, 4.69) is 19.2 Å². The van der Waals surface area contributed by atoms with Crippen molar-refractivity contribution in [3.63, 3.8) is 0 Å². The van der Waals surface area contributed by atoms with Crippen molar-refractivity contribution >= 4 is 5.91 Å². The zero-order chi connectivity index (χ0) is 15.4. The third-order valence-electron chi connectivity index (χ3n) is 3.31. The second kappa shape index (κ2) is 6.66. The molecule has 1 aliphatic rings. The molecule has 0 spiro atoms. The normalized spacial score (nSPS) is 14.5. The van der Waals surface area contributed by atoms with E-state index in [1.165, 1.54) is 0 Å². The molecule has 21 heavy (non-hydrogen) atoms. The summed E-state index contributed by atoms with van der Waals surface area (Å²) in [5, 5.41) is 3.06. The minimum Gasteiger partial charge on any atom is -0.486 e. The Morgan fingerprint density at radius 1 is 1.19 bits per heavy atom. The molecular weight excluding hydrogens is 266 g/mol. The zero-order valence-corrected chi connectivity index (χ0v) is 13.1. The number of fused-ring (bicyclic) bond motifs is 1. The molecule has 0 bridgehead atoms. The van der Waals surface area contributed by atoms with Crippen LogP contribution in [0.4, 0.5) is 0 Å². The van der Waals surface area contributed by atoms with Crippen molar-refractivity contribution in [3.8, 4) is 11.5 Å². The Bertz CT molecular complexity index is 545. The fourth-order valence-electron chi connectivity index (χ4n) is 2.35. The van der Waals surface area contributed by atoms with Gasteiger partial charge in [0.05, 0.1) is 6.04 Å². The highest BCUT2D eigenvalue weighted by Gasteiger charge is 2.20. The number of carbonyl (C=O) groups is 1. The van der Waals surface area contributed by atoms with Crippen LogP contribution in [0.25, 0.3) is 0 Å². The molecule has 4 nitrogen and oxygen atoms in total. The smallest absolute Gasteiger partial charge is 0.244 e. The number of hydrogen-bond acceptors (Lipinski definition) is 3. The summed E-state index contributed by atoms with van der Waals surface area (Å²) >= 11 is 0. The Morgan fingerprint density at radius 3 is 2.48 bits per heavy atom. The molecule has 2 rings (SSSR count). The summed E-state index contributed by atoms with van der Waals surface area (Å²) in [5.41, 5.74) is 2.02. The van der Waals surface area contributed by atoms with Gasteiger partial charge in [0, 0.05) is 6.08 Å². The number of nitrogens with one attached hydrogen (secondary N) is 1. The lowest BCUT2D eigenvalue weighted by atomic mass is 9.95. The van der Waals surface area contributed by atoms with Crippen molar-refractivity contribution in [1.82, 2.24) is 5.32 Å². The summed E-state index contributed by atoms with van der Waals surface area (Å²) in [7, 11) is 0. The van der Waals surface area contributed by atoms with E-state index >= 15 is 0 Å². The van der Waals surface area contributed by atoms with E-state index in [0.717, 1.165) is 22.6 Å². The fraction of sp³-hybridized carbons (Fsp3) is 0.471. The van der Waals surface area contributed by atoms with Gasteiger partial charge < -0.3 is 14.8 Å². The lowest BCUT2D eigenvalue weighted by molar-refractivity contribution is -0.117. The lowest BCUT2D eigenvalue weighted by Crippen LogP contribution is -2.30. The minimum absolute atomic E-state index is 0.0519. The quantitative estimate of drug-likeness (QED) is 0.866. The first-order valence-electron chi connectivity index (χ1n) is 7.32. The van der Waals surface area contributed by atoms with Gasteiger partial charge in [0.15, 0.2) is 11.5 Å². The zero-order valence-electron chi connectivity index (χ0n) is 13.1. The number of rotatable bonds is 4. The molecule has 114 valence electrons. The van der Waals surface area contributed by atoms with Crippen LogP contribution < -0.4 is 14.8 Å². The monoisotopic (exact) mass is 289 g/mol. The third-order valence-corrected chi connectivity index (χ3v) is 3.31. The van der Waals surface area contributed by atoms with Gasteiger partial charge in [-0.1, -0.05) is 25.5 Å². The topological polar surface area (TPSA) is 47.6 Å². The summed E-state index contributed by atoms with van der Waals surface area (Å²) in [6, 6.07) is 5.80. The highest BCUT2D eigenvalue weighted by molar-refractivity contribution is 5.88. The van der Waals surface area contributed by atoms with Crippen LogP contribution in [0, 0.1) is 5.92 Å². The van der Waals surface area contributed by atoms with Crippen molar-refractivity contribution < 1.29 is 14.3 Å². The molecule has 1 amide bonds. The summed E-state index contributed by atoms with van der Waals surface area (Å²) < 4.78 is 11.1.